The molecule has 26 heavy (non-hydrogen) atoms. The fourth-order valence-electron chi connectivity index (χ4n) is 3.93. The number of hydrogen-bond acceptors (Lipinski definition) is 0. The minimum Gasteiger partial charge on any atom is -0.358 e. The maximum Gasteiger partial charge on any atom is 0.0465 e. The van der Waals surface area contributed by atoms with E-state index in [2.05, 4.69) is 48.6 Å². The molecule has 1 N–H and O–H groups in total. The van der Waals surface area contributed by atoms with E-state index in [1.165, 1.54) is 94.6 Å². The van der Waals surface area contributed by atoms with Gasteiger partial charge >= 0.3 is 0 Å². The second kappa shape index (κ2) is 10.3. The van der Waals surface area contributed by atoms with Crippen molar-refractivity contribution in [1.29, 1.82) is 0 Å². The van der Waals surface area contributed by atoms with Crippen LogP contribution < -0.4 is 0 Å². The van der Waals surface area contributed by atoms with Gasteiger partial charge < -0.3 is 4.98 Å². The van der Waals surface area contributed by atoms with E-state index < -0.39 is 0 Å². The number of H-pyrrole nitrogens is 1. The molecule has 1 nitrogen and oxygen atoms in total. The predicted molar refractivity (Wildman–Crippen MR) is 121 cm³/mol. The molecular weight excluding hydrogens is 352 g/mol. The molecule has 2 heterocycles. The molecule has 0 aliphatic rings. The van der Waals surface area contributed by atoms with E-state index in [-0.39, 0.29) is 0 Å². The molecule has 0 fully saturated rings. The van der Waals surface area contributed by atoms with Gasteiger partial charge in [-0.2, -0.15) is 0 Å². The topological polar surface area (TPSA) is 15.8 Å². The van der Waals surface area contributed by atoms with Gasteiger partial charge in [0.05, 0.1) is 0 Å². The van der Waals surface area contributed by atoms with Gasteiger partial charge in [-0.05, 0) is 54.5 Å². The Morgan fingerprint density at radius 2 is 1.69 bits per heavy atom. The van der Waals surface area contributed by atoms with Crippen LogP contribution >= 0.6 is 16.4 Å². The molecule has 140 valence electrons. The number of nitrogens with one attached hydrogen (secondary N) is 1. The Labute approximate surface area is 162 Å². The highest BCUT2D eigenvalue weighted by atomic mass is 31.1. The van der Waals surface area contributed by atoms with Crippen molar-refractivity contribution in [1.82, 2.24) is 4.98 Å². The molecule has 0 saturated heterocycles. The zero-order valence-electron chi connectivity index (χ0n) is 16.4. The molecule has 0 bridgehead atoms. The summed E-state index contributed by atoms with van der Waals surface area (Å²) in [5.74, 6) is 4.65. The Kier molecular flexibility index (Phi) is 7.85. The van der Waals surface area contributed by atoms with Crippen molar-refractivity contribution in [2.45, 2.75) is 78.1 Å². The SMILES string of the molecule is CCCCCCc1[nH]c2cccc(-c3pcc[pH]3)c2c1CCCCCC. The van der Waals surface area contributed by atoms with Crippen LogP contribution in [0.3, 0.4) is 0 Å². The van der Waals surface area contributed by atoms with Gasteiger partial charge in [-0.25, -0.2) is 0 Å². The van der Waals surface area contributed by atoms with Gasteiger partial charge in [0.2, 0.25) is 0 Å². The van der Waals surface area contributed by atoms with Gasteiger partial charge in [0, 0.05) is 21.6 Å². The van der Waals surface area contributed by atoms with Crippen molar-refractivity contribution in [2.75, 3.05) is 0 Å². The summed E-state index contributed by atoms with van der Waals surface area (Å²) in [7, 11) is 2.26. The van der Waals surface area contributed by atoms with E-state index in [4.69, 9.17) is 0 Å². The molecule has 0 spiro atoms. The van der Waals surface area contributed by atoms with Crippen LogP contribution in [-0.2, 0) is 12.8 Å². The van der Waals surface area contributed by atoms with Crippen LogP contribution in [-0.4, -0.2) is 4.98 Å². The van der Waals surface area contributed by atoms with Gasteiger partial charge in [0.25, 0.3) is 0 Å². The second-order valence-electron chi connectivity index (χ2n) is 7.37. The Bertz CT molecular complexity index is 786. The lowest BCUT2D eigenvalue weighted by Gasteiger charge is -2.08. The zero-order valence-corrected chi connectivity index (χ0v) is 18.3. The highest BCUT2D eigenvalue weighted by Crippen LogP contribution is 2.42. The maximum absolute atomic E-state index is 3.81. The van der Waals surface area contributed by atoms with Crippen molar-refractivity contribution < 1.29 is 0 Å². The zero-order chi connectivity index (χ0) is 18.2. The summed E-state index contributed by atoms with van der Waals surface area (Å²) < 4.78 is 0. The van der Waals surface area contributed by atoms with E-state index in [1.54, 1.807) is 10.6 Å². The van der Waals surface area contributed by atoms with Gasteiger partial charge in [0.1, 0.15) is 0 Å². The van der Waals surface area contributed by atoms with Crippen LogP contribution in [0.15, 0.2) is 29.8 Å². The summed E-state index contributed by atoms with van der Waals surface area (Å²) in [4.78, 5) is 3.81. The number of aromatic amines is 1. The van der Waals surface area contributed by atoms with Crippen molar-refractivity contribution in [3.63, 3.8) is 0 Å². The first-order valence-corrected chi connectivity index (χ1v) is 12.5. The summed E-state index contributed by atoms with van der Waals surface area (Å²) in [6.07, 6.45) is 13.2. The van der Waals surface area contributed by atoms with Gasteiger partial charge in [-0.1, -0.05) is 72.7 Å². The van der Waals surface area contributed by atoms with E-state index >= 15 is 0 Å². The van der Waals surface area contributed by atoms with E-state index in [9.17, 15) is 0 Å². The van der Waals surface area contributed by atoms with E-state index in [0.29, 0.717) is 0 Å². The molecule has 3 aromatic rings. The molecule has 2 aromatic heterocycles. The third kappa shape index (κ3) is 4.82. The third-order valence-electron chi connectivity index (χ3n) is 5.33. The Morgan fingerprint density at radius 1 is 0.923 bits per heavy atom. The molecule has 0 radical (unpaired) electrons. The smallest absolute Gasteiger partial charge is 0.0465 e. The average molecular weight is 385 g/mol. The van der Waals surface area contributed by atoms with Crippen LogP contribution in [0.2, 0.25) is 0 Å². The molecule has 1 unspecified atom stereocenters. The summed E-state index contributed by atoms with van der Waals surface area (Å²) in [5, 5.41) is 3.13. The van der Waals surface area contributed by atoms with Crippen molar-refractivity contribution in [2.24, 2.45) is 0 Å². The number of rotatable bonds is 11. The highest BCUT2D eigenvalue weighted by Gasteiger charge is 2.15. The third-order valence-corrected chi connectivity index (χ3v) is 8.06. The number of aryl methyl sites for hydroxylation is 2. The summed E-state index contributed by atoms with van der Waals surface area (Å²) in [6.45, 7) is 4.59. The normalized spacial score (nSPS) is 12.1. The monoisotopic (exact) mass is 385 g/mol. The Balaban J connectivity index is 1.92. The average Bonchev–Trinajstić information content (AvgIpc) is 3.30. The van der Waals surface area contributed by atoms with Crippen LogP contribution in [0, 0.1) is 0 Å². The number of benzene rings is 1. The highest BCUT2D eigenvalue weighted by molar-refractivity contribution is 7.52. The molecular formula is C23H33NP2. The number of unbranched alkanes of at least 4 members (excludes halogenated alkanes) is 6. The lowest BCUT2D eigenvalue weighted by atomic mass is 9.98. The summed E-state index contributed by atoms with van der Waals surface area (Å²) in [6, 6.07) is 6.88. The van der Waals surface area contributed by atoms with Crippen LogP contribution in [0.5, 0.6) is 0 Å². The molecule has 0 amide bonds. The van der Waals surface area contributed by atoms with Gasteiger partial charge in [-0.15, -0.1) is 8.19 Å². The first kappa shape index (κ1) is 19.7. The Hall–Kier alpha value is -1.03. The quantitative estimate of drug-likeness (QED) is 0.318. The molecule has 0 aliphatic heterocycles. The van der Waals surface area contributed by atoms with Crippen molar-refractivity contribution in [3.8, 4) is 10.6 Å². The molecule has 3 heteroatoms. The first-order chi connectivity index (χ1) is 12.8. The van der Waals surface area contributed by atoms with Gasteiger partial charge in [-0.3, -0.25) is 0 Å². The number of aromatic nitrogens is 1. The fourth-order valence-corrected chi connectivity index (χ4v) is 6.26. The molecule has 3 rings (SSSR count). The minimum atomic E-state index is 0.859. The van der Waals surface area contributed by atoms with Crippen molar-refractivity contribution >= 4 is 27.3 Å². The largest absolute Gasteiger partial charge is 0.358 e. The van der Waals surface area contributed by atoms with Crippen molar-refractivity contribution in [3.05, 3.63) is 41.1 Å². The molecule has 0 aliphatic carbocycles. The predicted octanol–water partition coefficient (Wildman–Crippen LogP) is 8.69. The summed E-state index contributed by atoms with van der Waals surface area (Å²) in [5.41, 5.74) is 6.01. The summed E-state index contributed by atoms with van der Waals surface area (Å²) >= 11 is 0. The van der Waals surface area contributed by atoms with E-state index in [0.717, 1.165) is 8.19 Å². The van der Waals surface area contributed by atoms with Crippen LogP contribution in [0.25, 0.3) is 21.5 Å². The second-order valence-corrected chi connectivity index (χ2v) is 9.92. The number of hydrogen-bond donors (Lipinski definition) is 1. The lowest BCUT2D eigenvalue weighted by Crippen LogP contribution is -1.94. The molecule has 0 saturated carbocycles. The maximum atomic E-state index is 3.81. The molecule has 1 aromatic carbocycles. The fraction of sp³-hybridized carbons (Fsp3) is 0.522. The first-order valence-electron chi connectivity index (χ1n) is 10.5. The lowest BCUT2D eigenvalue weighted by molar-refractivity contribution is 0.648. The van der Waals surface area contributed by atoms with E-state index in [1.807, 2.05) is 0 Å². The standard InChI is InChI=1S/C23H33NP2/c1-3-5-7-9-12-18-20(14-10-8-6-4-2)24-21-15-11-13-19(22(18)21)23-25-16-17-26-23/h11,13,15-17,24-25H,3-10,12,14H2,1-2H3. The number of fused-ring (bicyclic) bond motifs is 1. The minimum absolute atomic E-state index is 0.859. The Morgan fingerprint density at radius 3 is 2.38 bits per heavy atom. The van der Waals surface area contributed by atoms with Crippen LogP contribution in [0.4, 0.5) is 0 Å². The molecule has 1 atom stereocenters. The van der Waals surface area contributed by atoms with Crippen LogP contribution in [0.1, 0.15) is 76.5 Å². The van der Waals surface area contributed by atoms with Gasteiger partial charge in [0.15, 0.2) is 0 Å².